The molecule has 0 saturated heterocycles. The monoisotopic (exact) mass is 486 g/mol. The molecule has 4 aliphatic rings. The fourth-order valence-corrected chi connectivity index (χ4v) is 3.84. The molecule has 0 atom stereocenters. The molecule has 0 heterocycles. The molecule has 0 nitrogen and oxygen atoms in total. The van der Waals surface area contributed by atoms with Crippen molar-refractivity contribution in [2.24, 2.45) is 21.7 Å². The molecule has 0 fully saturated rings. The second-order valence-corrected chi connectivity index (χ2v) is 12.9. The van der Waals surface area contributed by atoms with E-state index < -0.39 is 0 Å². The summed E-state index contributed by atoms with van der Waals surface area (Å²) in [6, 6.07) is 0. The van der Waals surface area contributed by atoms with Gasteiger partial charge in [0.25, 0.3) is 0 Å². The highest BCUT2D eigenvalue weighted by atomic mass is 14.2. The SMILES string of the molecule is CC1(C)C=CC=CC=C1.CC1(C)C=CCC=CC1.CC1(C)C=CCCC=C1.CC1(C)CC=CC=CC1. The highest BCUT2D eigenvalue weighted by Crippen LogP contribution is 2.27. The van der Waals surface area contributed by atoms with Crippen molar-refractivity contribution >= 4 is 0 Å². The summed E-state index contributed by atoms with van der Waals surface area (Å²) >= 11 is 0. The minimum Gasteiger partial charge on any atom is -0.0874 e. The Labute approximate surface area is 224 Å². The lowest BCUT2D eigenvalue weighted by atomic mass is 9.86. The lowest BCUT2D eigenvalue weighted by Crippen LogP contribution is -2.06. The number of allylic oxidation sites excluding steroid dienone is 18. The smallest absolute Gasteiger partial charge is 0.00106 e. The summed E-state index contributed by atoms with van der Waals surface area (Å²) in [7, 11) is 0. The van der Waals surface area contributed by atoms with Crippen LogP contribution in [0.1, 0.15) is 93.9 Å². The van der Waals surface area contributed by atoms with Crippen LogP contribution < -0.4 is 0 Å². The van der Waals surface area contributed by atoms with Crippen LogP contribution in [0, 0.1) is 21.7 Å². The maximum atomic E-state index is 2.30. The average molecular weight is 487 g/mol. The van der Waals surface area contributed by atoms with Gasteiger partial charge in [-0.15, -0.1) is 0 Å². The highest BCUT2D eigenvalue weighted by Gasteiger charge is 2.14. The number of hydrogen-bond acceptors (Lipinski definition) is 0. The molecule has 0 bridgehead atoms. The van der Waals surface area contributed by atoms with Gasteiger partial charge in [-0.2, -0.15) is 0 Å². The molecule has 198 valence electrons. The van der Waals surface area contributed by atoms with Gasteiger partial charge < -0.3 is 0 Å². The normalized spacial score (nSPS) is 23.3. The Kier molecular flexibility index (Phi) is 13.8. The third-order valence-corrected chi connectivity index (χ3v) is 6.36. The average Bonchev–Trinajstić information content (AvgIpc) is 3.28. The Morgan fingerprint density at radius 1 is 0.389 bits per heavy atom. The topological polar surface area (TPSA) is 0 Å². The predicted octanol–water partition coefficient (Wildman–Crippen LogP) is 11.5. The van der Waals surface area contributed by atoms with E-state index in [2.05, 4.69) is 153 Å². The van der Waals surface area contributed by atoms with Gasteiger partial charge in [0.15, 0.2) is 0 Å². The minimum absolute atomic E-state index is 0.240. The first kappa shape index (κ1) is 31.7. The molecule has 0 N–H and O–H groups in total. The van der Waals surface area contributed by atoms with Crippen molar-refractivity contribution in [2.75, 3.05) is 0 Å². The molecule has 36 heavy (non-hydrogen) atoms. The fourth-order valence-electron chi connectivity index (χ4n) is 3.84. The third kappa shape index (κ3) is 17.1. The van der Waals surface area contributed by atoms with Gasteiger partial charge in [-0.05, 0) is 49.4 Å². The van der Waals surface area contributed by atoms with Crippen LogP contribution in [0.4, 0.5) is 0 Å². The first-order valence-corrected chi connectivity index (χ1v) is 13.9. The highest BCUT2D eigenvalue weighted by molar-refractivity contribution is 5.22. The Morgan fingerprint density at radius 3 is 1.42 bits per heavy atom. The molecule has 4 aliphatic carbocycles. The van der Waals surface area contributed by atoms with Crippen LogP contribution in [-0.4, -0.2) is 0 Å². The van der Waals surface area contributed by atoms with Crippen molar-refractivity contribution in [2.45, 2.75) is 93.9 Å². The summed E-state index contributed by atoms with van der Waals surface area (Å²) in [5.41, 5.74) is 1.43. The first-order chi connectivity index (χ1) is 16.8. The maximum absolute atomic E-state index is 2.30. The van der Waals surface area contributed by atoms with Crippen molar-refractivity contribution in [3.63, 3.8) is 0 Å². The molecule has 0 aliphatic heterocycles. The maximum Gasteiger partial charge on any atom is 0.00106 e. The van der Waals surface area contributed by atoms with Crippen molar-refractivity contribution < 1.29 is 0 Å². The van der Waals surface area contributed by atoms with Gasteiger partial charge in [0.1, 0.15) is 0 Å². The van der Waals surface area contributed by atoms with Crippen LogP contribution in [0.2, 0.25) is 0 Å². The van der Waals surface area contributed by atoms with Crippen LogP contribution in [0.15, 0.2) is 109 Å². The summed E-state index contributed by atoms with van der Waals surface area (Å²) in [6.45, 7) is 18.0. The molecule has 0 amide bonds. The van der Waals surface area contributed by atoms with Gasteiger partial charge in [0, 0.05) is 10.8 Å². The summed E-state index contributed by atoms with van der Waals surface area (Å²) < 4.78 is 0. The molecule has 0 aromatic heterocycles. The molecule has 0 saturated carbocycles. The van der Waals surface area contributed by atoms with Gasteiger partial charge >= 0.3 is 0 Å². The van der Waals surface area contributed by atoms with Gasteiger partial charge in [-0.3, -0.25) is 0 Å². The van der Waals surface area contributed by atoms with E-state index in [4.69, 9.17) is 0 Å². The molecular weight excluding hydrogens is 432 g/mol. The Balaban J connectivity index is 0.000000240. The molecular formula is C36H54. The van der Waals surface area contributed by atoms with E-state index in [0.29, 0.717) is 16.2 Å². The lowest BCUT2D eigenvalue weighted by molar-refractivity contribution is 0.379. The summed E-state index contributed by atoms with van der Waals surface area (Å²) in [4.78, 5) is 0. The molecule has 0 spiro atoms. The molecule has 0 radical (unpaired) electrons. The standard InChI is InChI=1S/3C9H14.C9H12/c4*1-9(2)7-5-3-4-6-8-9/h5-8H,3-4H2,1-2H3;3,5-6,8H,4,7H2,1-2H3;3-6H,7-8H2,1-2H3;3-8H,1-2H3. The van der Waals surface area contributed by atoms with E-state index in [1.54, 1.807) is 0 Å². The van der Waals surface area contributed by atoms with Crippen LogP contribution in [0.5, 0.6) is 0 Å². The second kappa shape index (κ2) is 15.7. The van der Waals surface area contributed by atoms with Crippen molar-refractivity contribution in [3.8, 4) is 0 Å². The van der Waals surface area contributed by atoms with E-state index in [9.17, 15) is 0 Å². The van der Waals surface area contributed by atoms with Gasteiger partial charge in [0.05, 0.1) is 0 Å². The lowest BCUT2D eigenvalue weighted by Gasteiger charge is -2.19. The summed E-state index contributed by atoms with van der Waals surface area (Å²) in [6.07, 6.45) is 46.6. The van der Waals surface area contributed by atoms with E-state index in [1.807, 2.05) is 12.2 Å². The summed E-state index contributed by atoms with van der Waals surface area (Å²) in [5, 5.41) is 0. The minimum atomic E-state index is 0.240. The van der Waals surface area contributed by atoms with Crippen molar-refractivity contribution in [3.05, 3.63) is 109 Å². The van der Waals surface area contributed by atoms with E-state index in [1.165, 1.54) is 32.1 Å². The van der Waals surface area contributed by atoms with Crippen LogP contribution in [0.25, 0.3) is 0 Å². The van der Waals surface area contributed by atoms with Crippen molar-refractivity contribution in [1.29, 1.82) is 0 Å². The van der Waals surface area contributed by atoms with E-state index >= 15 is 0 Å². The van der Waals surface area contributed by atoms with Crippen molar-refractivity contribution in [1.82, 2.24) is 0 Å². The Bertz CT molecular complexity index is 830. The quantitative estimate of drug-likeness (QED) is 0.299. The summed E-state index contributed by atoms with van der Waals surface area (Å²) in [5.74, 6) is 0. The Morgan fingerprint density at radius 2 is 0.889 bits per heavy atom. The fraction of sp³-hybridized carbons (Fsp3) is 0.500. The predicted molar refractivity (Wildman–Crippen MR) is 165 cm³/mol. The van der Waals surface area contributed by atoms with Crippen LogP contribution in [-0.2, 0) is 0 Å². The van der Waals surface area contributed by atoms with Crippen LogP contribution >= 0.6 is 0 Å². The molecule has 4 rings (SSSR count). The van der Waals surface area contributed by atoms with Gasteiger partial charge in [-0.25, -0.2) is 0 Å². The van der Waals surface area contributed by atoms with E-state index in [-0.39, 0.29) is 5.41 Å². The molecule has 0 unspecified atom stereocenters. The van der Waals surface area contributed by atoms with Gasteiger partial charge in [-0.1, -0.05) is 165 Å². The molecule has 0 heteroatoms. The number of hydrogen-bond donors (Lipinski definition) is 0. The first-order valence-electron chi connectivity index (χ1n) is 13.9. The Hall–Kier alpha value is -2.34. The number of rotatable bonds is 0. The molecule has 0 aromatic rings. The third-order valence-electron chi connectivity index (χ3n) is 6.36. The van der Waals surface area contributed by atoms with Gasteiger partial charge in [0.2, 0.25) is 0 Å². The van der Waals surface area contributed by atoms with E-state index in [0.717, 1.165) is 6.42 Å². The zero-order valence-corrected chi connectivity index (χ0v) is 24.6. The zero-order chi connectivity index (χ0) is 27.0. The van der Waals surface area contributed by atoms with Crippen LogP contribution in [0.3, 0.4) is 0 Å². The molecule has 0 aromatic carbocycles. The zero-order valence-electron chi connectivity index (χ0n) is 24.6. The second-order valence-electron chi connectivity index (χ2n) is 12.9. The largest absolute Gasteiger partial charge is 0.0874 e.